The van der Waals surface area contributed by atoms with Crippen LogP contribution in [0.4, 0.5) is 0 Å². The second kappa shape index (κ2) is 10.3. The van der Waals surface area contributed by atoms with Crippen molar-refractivity contribution < 1.29 is 0 Å². The number of hydrogen-bond donors (Lipinski definition) is 2. The molecule has 1 aromatic carbocycles. The third-order valence-electron chi connectivity index (χ3n) is 4.32. The van der Waals surface area contributed by atoms with E-state index in [2.05, 4.69) is 78.7 Å². The second-order valence-electron chi connectivity index (χ2n) is 6.57. The third kappa shape index (κ3) is 6.42. The number of hydrogen-bond acceptors (Lipinski definition) is 4. The molecule has 1 aromatic heterocycles. The highest BCUT2D eigenvalue weighted by atomic mass is 32.1. The van der Waals surface area contributed by atoms with Gasteiger partial charge in [-0.2, -0.15) is 0 Å². The van der Waals surface area contributed by atoms with Crippen molar-refractivity contribution >= 4 is 17.3 Å². The number of aryl methyl sites for hydroxylation is 2. The van der Waals surface area contributed by atoms with Crippen molar-refractivity contribution in [3.05, 3.63) is 51.5 Å². The molecule has 0 aliphatic carbocycles. The summed E-state index contributed by atoms with van der Waals surface area (Å²) in [6.07, 6.45) is 0. The average Bonchev–Trinajstić information content (AvgIpc) is 2.95. The van der Waals surface area contributed by atoms with E-state index in [1.165, 1.54) is 10.4 Å². The molecule has 6 heteroatoms. The minimum absolute atomic E-state index is 0.395. The standard InChI is InChI=1S/C20H31N5S/c1-6-21-20(23-13-19-16(3)24-17(4)26-19)22-12-15(2)25(5)14-18-10-8-7-9-11-18/h7-11,15H,6,12-14H2,1-5H3,(H2,21,22,23). The first-order valence-electron chi connectivity index (χ1n) is 9.18. The van der Waals surface area contributed by atoms with Gasteiger partial charge in [-0.3, -0.25) is 4.90 Å². The molecule has 2 N–H and O–H groups in total. The second-order valence-corrected chi connectivity index (χ2v) is 7.86. The molecule has 0 fully saturated rings. The molecule has 2 rings (SSSR count). The molecule has 5 nitrogen and oxygen atoms in total. The first-order valence-corrected chi connectivity index (χ1v) is 10.0. The smallest absolute Gasteiger partial charge is 0.191 e. The van der Waals surface area contributed by atoms with Crippen molar-refractivity contribution in [2.45, 2.75) is 46.8 Å². The van der Waals surface area contributed by atoms with Crippen LogP contribution in [0.25, 0.3) is 0 Å². The molecule has 0 aliphatic heterocycles. The fourth-order valence-corrected chi connectivity index (χ4v) is 3.50. The highest BCUT2D eigenvalue weighted by Crippen LogP contribution is 2.17. The molecule has 0 saturated heterocycles. The summed E-state index contributed by atoms with van der Waals surface area (Å²) in [4.78, 5) is 12.8. The number of likely N-dealkylation sites (N-methyl/N-ethyl adjacent to an activating group) is 1. The van der Waals surface area contributed by atoms with Gasteiger partial charge in [-0.25, -0.2) is 9.98 Å². The molecular formula is C20H31N5S. The first kappa shape index (κ1) is 20.4. The largest absolute Gasteiger partial charge is 0.357 e. The van der Waals surface area contributed by atoms with E-state index in [0.29, 0.717) is 12.6 Å². The molecule has 26 heavy (non-hydrogen) atoms. The lowest BCUT2D eigenvalue weighted by Gasteiger charge is -2.25. The fourth-order valence-electron chi connectivity index (χ4n) is 2.64. The Bertz CT molecular complexity index is 695. The Morgan fingerprint density at radius 2 is 1.96 bits per heavy atom. The minimum Gasteiger partial charge on any atom is -0.357 e. The van der Waals surface area contributed by atoms with Crippen molar-refractivity contribution in [3.8, 4) is 0 Å². The van der Waals surface area contributed by atoms with Crippen LogP contribution < -0.4 is 10.6 Å². The molecule has 0 radical (unpaired) electrons. The van der Waals surface area contributed by atoms with Crippen molar-refractivity contribution in [1.82, 2.24) is 20.5 Å². The fraction of sp³-hybridized carbons (Fsp3) is 0.500. The molecule has 0 saturated carbocycles. The zero-order valence-corrected chi connectivity index (χ0v) is 17.4. The zero-order valence-electron chi connectivity index (χ0n) is 16.5. The van der Waals surface area contributed by atoms with E-state index in [1.54, 1.807) is 11.3 Å². The van der Waals surface area contributed by atoms with E-state index in [0.717, 1.165) is 36.3 Å². The highest BCUT2D eigenvalue weighted by Gasteiger charge is 2.11. The summed E-state index contributed by atoms with van der Waals surface area (Å²) in [5.41, 5.74) is 2.42. The Kier molecular flexibility index (Phi) is 8.06. The quantitative estimate of drug-likeness (QED) is 0.550. The van der Waals surface area contributed by atoms with Gasteiger partial charge in [-0.15, -0.1) is 11.3 Å². The number of nitrogens with one attached hydrogen (secondary N) is 2. The van der Waals surface area contributed by atoms with Gasteiger partial charge in [0.15, 0.2) is 5.96 Å². The Balaban J connectivity index is 1.88. The molecule has 0 spiro atoms. The molecule has 2 aromatic rings. The maximum Gasteiger partial charge on any atom is 0.191 e. The van der Waals surface area contributed by atoms with Gasteiger partial charge in [0.25, 0.3) is 0 Å². The summed E-state index contributed by atoms with van der Waals surface area (Å²) >= 11 is 1.72. The van der Waals surface area contributed by atoms with Crippen LogP contribution in [0.15, 0.2) is 35.3 Å². The third-order valence-corrected chi connectivity index (χ3v) is 5.37. The van der Waals surface area contributed by atoms with E-state index < -0.39 is 0 Å². The summed E-state index contributed by atoms with van der Waals surface area (Å²) < 4.78 is 0. The van der Waals surface area contributed by atoms with E-state index in [-0.39, 0.29) is 0 Å². The van der Waals surface area contributed by atoms with Crippen LogP contribution in [0, 0.1) is 13.8 Å². The van der Waals surface area contributed by atoms with Crippen molar-refractivity contribution in [2.75, 3.05) is 20.1 Å². The molecule has 1 atom stereocenters. The average molecular weight is 374 g/mol. The van der Waals surface area contributed by atoms with Crippen molar-refractivity contribution in [3.63, 3.8) is 0 Å². The van der Waals surface area contributed by atoms with Crippen LogP contribution in [0.2, 0.25) is 0 Å². The zero-order chi connectivity index (χ0) is 18.9. The Morgan fingerprint density at radius 3 is 2.58 bits per heavy atom. The van der Waals surface area contributed by atoms with Crippen LogP contribution in [0.5, 0.6) is 0 Å². The topological polar surface area (TPSA) is 52.6 Å². The number of thiazole rings is 1. The maximum atomic E-state index is 4.72. The van der Waals surface area contributed by atoms with Crippen molar-refractivity contribution in [2.24, 2.45) is 4.99 Å². The molecule has 1 unspecified atom stereocenters. The Labute approximate surface area is 161 Å². The lowest BCUT2D eigenvalue weighted by atomic mass is 10.2. The number of benzene rings is 1. The lowest BCUT2D eigenvalue weighted by Crippen LogP contribution is -2.44. The van der Waals surface area contributed by atoms with Gasteiger partial charge in [-0.05, 0) is 40.3 Å². The van der Waals surface area contributed by atoms with Gasteiger partial charge in [-0.1, -0.05) is 30.3 Å². The van der Waals surface area contributed by atoms with Gasteiger partial charge in [0.2, 0.25) is 0 Å². The number of aliphatic imine (C=N–C) groups is 1. The van der Waals surface area contributed by atoms with E-state index >= 15 is 0 Å². The highest BCUT2D eigenvalue weighted by molar-refractivity contribution is 7.11. The first-order chi connectivity index (χ1) is 12.5. The maximum absolute atomic E-state index is 4.72. The molecule has 1 heterocycles. The van der Waals surface area contributed by atoms with Gasteiger partial charge in [0.1, 0.15) is 0 Å². The van der Waals surface area contributed by atoms with Crippen LogP contribution in [0.1, 0.15) is 35.0 Å². The monoisotopic (exact) mass is 373 g/mol. The van der Waals surface area contributed by atoms with Crippen LogP contribution in [0.3, 0.4) is 0 Å². The predicted molar refractivity (Wildman–Crippen MR) is 112 cm³/mol. The van der Waals surface area contributed by atoms with Gasteiger partial charge >= 0.3 is 0 Å². The number of aromatic nitrogens is 1. The summed E-state index contributed by atoms with van der Waals surface area (Å²) in [5, 5.41) is 7.89. The summed E-state index contributed by atoms with van der Waals surface area (Å²) in [5.74, 6) is 0.859. The van der Waals surface area contributed by atoms with Gasteiger partial charge in [0.05, 0.1) is 17.2 Å². The summed E-state index contributed by atoms with van der Waals surface area (Å²) in [6, 6.07) is 11.0. The molecule has 0 bridgehead atoms. The van der Waals surface area contributed by atoms with E-state index in [1.807, 2.05) is 6.92 Å². The van der Waals surface area contributed by atoms with Crippen LogP contribution >= 0.6 is 11.3 Å². The van der Waals surface area contributed by atoms with Gasteiger partial charge in [0, 0.05) is 30.6 Å². The van der Waals surface area contributed by atoms with Crippen molar-refractivity contribution in [1.29, 1.82) is 0 Å². The minimum atomic E-state index is 0.395. The summed E-state index contributed by atoms with van der Waals surface area (Å²) in [6.45, 7) is 11.7. The van der Waals surface area contributed by atoms with E-state index in [4.69, 9.17) is 4.99 Å². The van der Waals surface area contributed by atoms with Gasteiger partial charge < -0.3 is 10.6 Å². The SMILES string of the molecule is CCNC(=NCc1sc(C)nc1C)NCC(C)N(C)Cc1ccccc1. The van der Waals surface area contributed by atoms with Crippen LogP contribution in [-0.2, 0) is 13.1 Å². The number of guanidine groups is 1. The van der Waals surface area contributed by atoms with E-state index in [9.17, 15) is 0 Å². The Hall–Kier alpha value is -1.92. The van der Waals surface area contributed by atoms with Crippen LogP contribution in [-0.4, -0.2) is 42.0 Å². The lowest BCUT2D eigenvalue weighted by molar-refractivity contribution is 0.249. The summed E-state index contributed by atoms with van der Waals surface area (Å²) in [7, 11) is 2.16. The normalized spacial score (nSPS) is 13.1. The Morgan fingerprint density at radius 1 is 1.23 bits per heavy atom. The predicted octanol–water partition coefficient (Wildman–Crippen LogP) is 3.34. The molecule has 0 aliphatic rings. The number of nitrogens with zero attached hydrogens (tertiary/aromatic N) is 3. The molecule has 0 amide bonds. The molecular weight excluding hydrogens is 342 g/mol. The number of rotatable bonds is 8. The molecule has 142 valence electrons.